The van der Waals surface area contributed by atoms with Crippen molar-refractivity contribution < 1.29 is 27.1 Å². The van der Waals surface area contributed by atoms with Crippen LogP contribution in [-0.2, 0) is 21.4 Å². The van der Waals surface area contributed by atoms with Crippen LogP contribution in [0.25, 0.3) is 0 Å². The molecular formula is C12H17F2N3O4S. The van der Waals surface area contributed by atoms with Gasteiger partial charge < -0.3 is 5.11 Å². The molecule has 0 saturated carbocycles. The first-order valence-corrected chi connectivity index (χ1v) is 8.22. The highest BCUT2D eigenvalue weighted by molar-refractivity contribution is 7.89. The third kappa shape index (κ3) is 3.27. The molecule has 0 radical (unpaired) electrons. The van der Waals surface area contributed by atoms with Gasteiger partial charge in [0.2, 0.25) is 10.0 Å². The number of hydrogen-bond donors (Lipinski definition) is 1. The van der Waals surface area contributed by atoms with E-state index < -0.39 is 40.9 Å². The molecule has 1 aliphatic heterocycles. The van der Waals surface area contributed by atoms with E-state index in [0.717, 1.165) is 21.4 Å². The zero-order chi connectivity index (χ0) is 16.5. The molecule has 2 rings (SSSR count). The van der Waals surface area contributed by atoms with E-state index in [1.165, 1.54) is 0 Å². The Morgan fingerprint density at radius 2 is 2.23 bits per heavy atom. The van der Waals surface area contributed by atoms with Crippen LogP contribution in [0.4, 0.5) is 8.78 Å². The number of alkyl halides is 2. The SMILES string of the molecule is C[C@@H]1[C@H](C(=O)O)CCCN1S(=O)(=O)c1cnn(CC(F)F)c1. The minimum Gasteiger partial charge on any atom is -0.481 e. The second kappa shape index (κ2) is 6.29. The lowest BCUT2D eigenvalue weighted by atomic mass is 9.92. The predicted octanol–water partition coefficient (Wildman–Crippen LogP) is 1.02. The van der Waals surface area contributed by atoms with Crippen molar-refractivity contribution >= 4 is 16.0 Å². The first-order valence-electron chi connectivity index (χ1n) is 6.78. The monoisotopic (exact) mass is 337 g/mol. The highest BCUT2D eigenvalue weighted by Crippen LogP contribution is 2.29. The fraction of sp³-hybridized carbons (Fsp3) is 0.667. The number of nitrogens with zero attached hydrogens (tertiary/aromatic N) is 3. The molecule has 0 unspecified atom stereocenters. The van der Waals surface area contributed by atoms with Crippen LogP contribution in [0, 0.1) is 5.92 Å². The minimum atomic E-state index is -3.95. The molecule has 0 aromatic carbocycles. The van der Waals surface area contributed by atoms with Gasteiger partial charge in [-0.15, -0.1) is 0 Å². The lowest BCUT2D eigenvalue weighted by molar-refractivity contribution is -0.144. The van der Waals surface area contributed by atoms with Crippen LogP contribution in [-0.4, -0.2) is 52.6 Å². The normalized spacial score (nSPS) is 23.8. The average molecular weight is 337 g/mol. The Morgan fingerprint density at radius 3 is 2.82 bits per heavy atom. The van der Waals surface area contributed by atoms with Gasteiger partial charge in [-0.1, -0.05) is 0 Å². The highest BCUT2D eigenvalue weighted by Gasteiger charge is 2.40. The van der Waals surface area contributed by atoms with Gasteiger partial charge in [0, 0.05) is 18.8 Å². The summed E-state index contributed by atoms with van der Waals surface area (Å²) in [5.74, 6) is -1.82. The number of carboxylic acids is 1. The summed E-state index contributed by atoms with van der Waals surface area (Å²) in [5, 5.41) is 12.8. The van der Waals surface area contributed by atoms with Gasteiger partial charge in [-0.2, -0.15) is 9.40 Å². The topological polar surface area (TPSA) is 92.5 Å². The van der Waals surface area contributed by atoms with E-state index in [2.05, 4.69) is 5.10 Å². The van der Waals surface area contributed by atoms with E-state index in [-0.39, 0.29) is 11.4 Å². The molecule has 1 aromatic heterocycles. The first kappa shape index (κ1) is 16.8. The van der Waals surface area contributed by atoms with Crippen molar-refractivity contribution in [2.45, 2.75) is 43.7 Å². The molecule has 22 heavy (non-hydrogen) atoms. The summed E-state index contributed by atoms with van der Waals surface area (Å²) in [6, 6.07) is -0.699. The fourth-order valence-electron chi connectivity index (χ4n) is 2.64. The van der Waals surface area contributed by atoms with Crippen LogP contribution in [0.3, 0.4) is 0 Å². The molecule has 0 amide bonds. The van der Waals surface area contributed by atoms with E-state index >= 15 is 0 Å². The van der Waals surface area contributed by atoms with Crippen molar-refractivity contribution in [3.8, 4) is 0 Å². The molecule has 124 valence electrons. The number of rotatable bonds is 5. The molecule has 1 saturated heterocycles. The van der Waals surface area contributed by atoms with Crippen LogP contribution >= 0.6 is 0 Å². The molecule has 10 heteroatoms. The third-order valence-corrected chi connectivity index (χ3v) is 5.73. The van der Waals surface area contributed by atoms with Crippen molar-refractivity contribution in [2.24, 2.45) is 5.92 Å². The van der Waals surface area contributed by atoms with Crippen molar-refractivity contribution in [3.63, 3.8) is 0 Å². The summed E-state index contributed by atoms with van der Waals surface area (Å²) in [5.41, 5.74) is 0. The molecule has 0 bridgehead atoms. The number of piperidine rings is 1. The average Bonchev–Trinajstić information content (AvgIpc) is 2.86. The van der Waals surface area contributed by atoms with Crippen LogP contribution in [0.2, 0.25) is 0 Å². The first-order chi connectivity index (χ1) is 10.2. The summed E-state index contributed by atoms with van der Waals surface area (Å²) in [6.45, 7) is 1.05. The minimum absolute atomic E-state index is 0.202. The zero-order valence-electron chi connectivity index (χ0n) is 11.9. The Hall–Kier alpha value is -1.55. The van der Waals surface area contributed by atoms with E-state index in [0.29, 0.717) is 12.8 Å². The number of aliphatic carboxylic acids is 1. The van der Waals surface area contributed by atoms with Gasteiger partial charge in [0.15, 0.2) is 0 Å². The van der Waals surface area contributed by atoms with E-state index in [1.807, 2.05) is 0 Å². The lowest BCUT2D eigenvalue weighted by Crippen LogP contribution is -2.48. The molecule has 0 aliphatic carbocycles. The number of sulfonamides is 1. The van der Waals surface area contributed by atoms with E-state index in [9.17, 15) is 22.0 Å². The Balaban J connectivity index is 2.25. The second-order valence-electron chi connectivity index (χ2n) is 5.23. The largest absolute Gasteiger partial charge is 0.481 e. The summed E-state index contributed by atoms with van der Waals surface area (Å²) in [7, 11) is -3.95. The van der Waals surface area contributed by atoms with E-state index in [1.54, 1.807) is 6.92 Å². The maximum atomic E-state index is 12.6. The molecule has 2 heterocycles. The van der Waals surface area contributed by atoms with Crippen molar-refractivity contribution in [3.05, 3.63) is 12.4 Å². The van der Waals surface area contributed by atoms with Crippen LogP contribution in [0.1, 0.15) is 19.8 Å². The Morgan fingerprint density at radius 1 is 1.55 bits per heavy atom. The standard InChI is InChI=1S/C12H17F2N3O4S/c1-8-10(12(18)19)3-2-4-17(8)22(20,21)9-5-15-16(6-9)7-11(13)14/h5-6,8,10-11H,2-4,7H2,1H3,(H,18,19)/t8-,10-/m1/s1. The summed E-state index contributed by atoms with van der Waals surface area (Å²) in [4.78, 5) is 11.0. The van der Waals surface area contributed by atoms with Gasteiger partial charge in [-0.05, 0) is 19.8 Å². The Bertz CT molecular complexity index is 647. The van der Waals surface area contributed by atoms with Gasteiger partial charge in [0.05, 0.1) is 12.1 Å². The second-order valence-corrected chi connectivity index (χ2v) is 7.12. The van der Waals surface area contributed by atoms with Gasteiger partial charge in [0.1, 0.15) is 11.4 Å². The predicted molar refractivity (Wildman–Crippen MR) is 71.9 cm³/mol. The zero-order valence-corrected chi connectivity index (χ0v) is 12.7. The van der Waals surface area contributed by atoms with Crippen LogP contribution in [0.5, 0.6) is 0 Å². The van der Waals surface area contributed by atoms with Crippen molar-refractivity contribution in [1.29, 1.82) is 0 Å². The van der Waals surface area contributed by atoms with Gasteiger partial charge in [-0.3, -0.25) is 9.48 Å². The van der Waals surface area contributed by atoms with Gasteiger partial charge >= 0.3 is 5.97 Å². The molecule has 1 fully saturated rings. The van der Waals surface area contributed by atoms with Gasteiger partial charge in [-0.25, -0.2) is 17.2 Å². The number of aromatic nitrogens is 2. The number of carbonyl (C=O) groups is 1. The molecule has 0 spiro atoms. The van der Waals surface area contributed by atoms with Crippen LogP contribution in [0.15, 0.2) is 17.3 Å². The number of halogens is 2. The fourth-order valence-corrected chi connectivity index (χ4v) is 4.30. The highest BCUT2D eigenvalue weighted by atomic mass is 32.2. The van der Waals surface area contributed by atoms with Crippen molar-refractivity contribution in [1.82, 2.24) is 14.1 Å². The quantitative estimate of drug-likeness (QED) is 0.866. The molecule has 2 atom stereocenters. The smallest absolute Gasteiger partial charge is 0.308 e. The van der Waals surface area contributed by atoms with Gasteiger partial charge in [0.25, 0.3) is 6.43 Å². The third-order valence-electron chi connectivity index (χ3n) is 3.79. The Kier molecular flexibility index (Phi) is 4.81. The summed E-state index contributed by atoms with van der Waals surface area (Å²) in [6.07, 6.45) is 0.257. The molecule has 1 N–H and O–H groups in total. The maximum Gasteiger partial charge on any atom is 0.308 e. The van der Waals surface area contributed by atoms with Crippen LogP contribution < -0.4 is 0 Å². The molecule has 7 nitrogen and oxygen atoms in total. The molecule has 1 aliphatic rings. The molecular weight excluding hydrogens is 320 g/mol. The van der Waals surface area contributed by atoms with E-state index in [4.69, 9.17) is 5.11 Å². The number of carboxylic acid groups (broad SMARTS) is 1. The summed E-state index contributed by atoms with van der Waals surface area (Å²) < 4.78 is 51.7. The Labute approximate surface area is 126 Å². The molecule has 1 aromatic rings. The maximum absolute atomic E-state index is 12.6. The van der Waals surface area contributed by atoms with Crippen molar-refractivity contribution in [2.75, 3.05) is 6.54 Å². The lowest BCUT2D eigenvalue weighted by Gasteiger charge is -2.36. The summed E-state index contributed by atoms with van der Waals surface area (Å²) >= 11 is 0. The number of hydrogen-bond acceptors (Lipinski definition) is 4.